The Bertz CT molecular complexity index is 1560. The van der Waals surface area contributed by atoms with E-state index >= 15 is 0 Å². The van der Waals surface area contributed by atoms with Gasteiger partial charge in [-0.05, 0) is 54.4 Å². The van der Waals surface area contributed by atoms with Crippen LogP contribution in [-0.2, 0) is 13.0 Å². The third kappa shape index (κ3) is 4.42. The molecule has 0 atom stereocenters. The second-order valence-corrected chi connectivity index (χ2v) is 9.20. The van der Waals surface area contributed by atoms with Crippen molar-refractivity contribution in [3.63, 3.8) is 0 Å². The van der Waals surface area contributed by atoms with E-state index < -0.39 is 0 Å². The van der Waals surface area contributed by atoms with Crippen molar-refractivity contribution in [3.8, 4) is 0 Å². The van der Waals surface area contributed by atoms with Crippen LogP contribution in [0.4, 0.5) is 5.69 Å². The van der Waals surface area contributed by atoms with Crippen molar-refractivity contribution in [1.29, 1.82) is 0 Å². The minimum atomic E-state index is -0.165. The van der Waals surface area contributed by atoms with E-state index in [4.69, 9.17) is 11.6 Å². The minimum Gasteiger partial charge on any atom is -0.370 e. The van der Waals surface area contributed by atoms with Crippen molar-refractivity contribution in [2.45, 2.75) is 19.4 Å². The number of carbonyl (C=O) groups is 1. The Morgan fingerprint density at radius 3 is 2.83 bits per heavy atom. The molecule has 0 aliphatic carbocycles. The topological polar surface area (TPSA) is 86.8 Å². The molecule has 0 unspecified atom stereocenters. The summed E-state index contributed by atoms with van der Waals surface area (Å²) in [6.07, 6.45) is 7.21. The highest BCUT2D eigenvalue weighted by molar-refractivity contribution is 6.35. The zero-order valence-corrected chi connectivity index (χ0v) is 19.7. The summed E-state index contributed by atoms with van der Waals surface area (Å²) in [4.78, 5) is 31.8. The number of H-pyrrole nitrogens is 1. The molecule has 1 amide bonds. The molecular formula is C27H23ClN6O. The molecule has 1 aliphatic heterocycles. The molecule has 7 nitrogen and oxygen atoms in total. The van der Waals surface area contributed by atoms with Gasteiger partial charge in [0, 0.05) is 53.9 Å². The number of aromatic nitrogens is 4. The normalized spacial score (nSPS) is 13.2. The van der Waals surface area contributed by atoms with Crippen LogP contribution < -0.4 is 10.2 Å². The first-order valence-corrected chi connectivity index (χ1v) is 12.0. The lowest BCUT2D eigenvalue weighted by molar-refractivity contribution is 0.0950. The second-order valence-electron chi connectivity index (χ2n) is 8.79. The molecule has 8 heteroatoms. The molecule has 2 N–H and O–H groups in total. The van der Waals surface area contributed by atoms with Crippen LogP contribution in [0.3, 0.4) is 0 Å². The molecule has 1 saturated heterocycles. The van der Waals surface area contributed by atoms with E-state index in [0.717, 1.165) is 46.3 Å². The van der Waals surface area contributed by atoms with Gasteiger partial charge in [-0.2, -0.15) is 0 Å². The zero-order valence-electron chi connectivity index (χ0n) is 19.0. The van der Waals surface area contributed by atoms with E-state index in [1.807, 2.05) is 30.5 Å². The number of aromatic amines is 1. The van der Waals surface area contributed by atoms with Gasteiger partial charge < -0.3 is 15.2 Å². The molecule has 1 aliphatic rings. The highest BCUT2D eigenvalue weighted by Gasteiger charge is 2.15. The van der Waals surface area contributed by atoms with Crippen molar-refractivity contribution in [3.05, 3.63) is 94.7 Å². The van der Waals surface area contributed by atoms with Crippen LogP contribution in [0.5, 0.6) is 0 Å². The summed E-state index contributed by atoms with van der Waals surface area (Å²) in [5.41, 5.74) is 6.15. The molecule has 0 saturated carbocycles. The van der Waals surface area contributed by atoms with Crippen LogP contribution in [0.25, 0.3) is 21.9 Å². The number of hydrogen-bond acceptors (Lipinski definition) is 5. The summed E-state index contributed by atoms with van der Waals surface area (Å²) in [5.74, 6) is -0.165. The molecule has 0 radical (unpaired) electrons. The van der Waals surface area contributed by atoms with Crippen molar-refractivity contribution in [2.75, 3.05) is 18.0 Å². The number of rotatable bonds is 6. The molecule has 6 rings (SSSR count). The van der Waals surface area contributed by atoms with Gasteiger partial charge in [-0.15, -0.1) is 0 Å². The van der Waals surface area contributed by atoms with Gasteiger partial charge in [0.05, 0.1) is 34.7 Å². The van der Waals surface area contributed by atoms with Gasteiger partial charge in [0.2, 0.25) is 0 Å². The number of hydrogen-bond donors (Lipinski definition) is 2. The summed E-state index contributed by atoms with van der Waals surface area (Å²) in [6, 6.07) is 15.8. The van der Waals surface area contributed by atoms with Gasteiger partial charge in [-0.1, -0.05) is 17.7 Å². The van der Waals surface area contributed by atoms with E-state index in [-0.39, 0.29) is 5.91 Å². The average Bonchev–Trinajstić information content (AvgIpc) is 3.21. The van der Waals surface area contributed by atoms with Gasteiger partial charge in [0.1, 0.15) is 5.65 Å². The second kappa shape index (κ2) is 9.00. The summed E-state index contributed by atoms with van der Waals surface area (Å²) in [7, 11) is 0. The first-order valence-electron chi connectivity index (χ1n) is 11.6. The number of nitrogens with zero attached hydrogens (tertiary/aromatic N) is 4. The van der Waals surface area contributed by atoms with Crippen molar-refractivity contribution < 1.29 is 4.79 Å². The predicted molar refractivity (Wildman–Crippen MR) is 138 cm³/mol. The Kier molecular flexibility index (Phi) is 5.54. The zero-order chi connectivity index (χ0) is 23.8. The lowest BCUT2D eigenvalue weighted by Gasteiger charge is -2.32. The Hall–Kier alpha value is -3.97. The molecule has 0 bridgehead atoms. The van der Waals surface area contributed by atoms with Gasteiger partial charge >= 0.3 is 0 Å². The highest BCUT2D eigenvalue weighted by atomic mass is 35.5. The van der Waals surface area contributed by atoms with Crippen LogP contribution in [0.15, 0.2) is 67.1 Å². The monoisotopic (exact) mass is 482 g/mol. The van der Waals surface area contributed by atoms with Gasteiger partial charge in [0.25, 0.3) is 5.91 Å². The largest absolute Gasteiger partial charge is 0.370 e. The molecule has 1 aromatic carbocycles. The van der Waals surface area contributed by atoms with Crippen molar-refractivity contribution >= 4 is 45.1 Å². The third-order valence-corrected chi connectivity index (χ3v) is 6.71. The van der Waals surface area contributed by atoms with E-state index in [1.54, 1.807) is 18.5 Å². The van der Waals surface area contributed by atoms with Crippen LogP contribution in [-0.4, -0.2) is 38.9 Å². The third-order valence-electron chi connectivity index (χ3n) is 6.39. The molecule has 35 heavy (non-hydrogen) atoms. The number of carbonyl (C=O) groups excluding carboxylic acids is 1. The Balaban J connectivity index is 1.15. The predicted octanol–water partition coefficient (Wildman–Crippen LogP) is 4.89. The number of benzene rings is 1. The van der Waals surface area contributed by atoms with Crippen LogP contribution in [0, 0.1) is 0 Å². The average molecular weight is 483 g/mol. The number of nitrogens with one attached hydrogen (secondary N) is 2. The SMILES string of the molecule is O=C(NCc1ccc2c(Cl)c[nH]c2n1)c1ccnc(Cc2ccc3ncc(N4CCC4)cc3c2)c1. The van der Waals surface area contributed by atoms with Crippen molar-refractivity contribution in [2.24, 2.45) is 0 Å². The summed E-state index contributed by atoms with van der Waals surface area (Å²) >= 11 is 6.11. The van der Waals surface area contributed by atoms with Crippen molar-refractivity contribution in [1.82, 2.24) is 25.3 Å². The van der Waals surface area contributed by atoms with Crippen LogP contribution >= 0.6 is 11.6 Å². The van der Waals surface area contributed by atoms with Gasteiger partial charge in [-0.3, -0.25) is 14.8 Å². The number of pyridine rings is 3. The fourth-order valence-electron chi connectivity index (χ4n) is 4.34. The molecule has 174 valence electrons. The quantitative estimate of drug-likeness (QED) is 0.360. The molecule has 0 spiro atoms. The number of amides is 1. The first-order chi connectivity index (χ1) is 17.1. The lowest BCUT2D eigenvalue weighted by atomic mass is 10.0. The number of halogens is 1. The maximum Gasteiger partial charge on any atom is 0.251 e. The fraction of sp³-hybridized carbons (Fsp3) is 0.185. The minimum absolute atomic E-state index is 0.165. The smallest absolute Gasteiger partial charge is 0.251 e. The summed E-state index contributed by atoms with van der Waals surface area (Å²) in [5, 5.41) is 5.55. The van der Waals surface area contributed by atoms with Gasteiger partial charge in [0.15, 0.2) is 0 Å². The molecule has 1 fully saturated rings. The number of anilines is 1. The molecular weight excluding hydrogens is 460 g/mol. The van der Waals surface area contributed by atoms with Crippen LogP contribution in [0.1, 0.15) is 33.7 Å². The summed E-state index contributed by atoms with van der Waals surface area (Å²) in [6.45, 7) is 2.51. The molecule has 5 aromatic rings. The number of fused-ring (bicyclic) bond motifs is 2. The van der Waals surface area contributed by atoms with Gasteiger partial charge in [-0.25, -0.2) is 4.98 Å². The maximum atomic E-state index is 12.8. The summed E-state index contributed by atoms with van der Waals surface area (Å²) < 4.78 is 0. The fourth-order valence-corrected chi connectivity index (χ4v) is 4.54. The van der Waals surface area contributed by atoms with E-state index in [9.17, 15) is 4.79 Å². The van der Waals surface area contributed by atoms with E-state index in [2.05, 4.69) is 48.4 Å². The van der Waals surface area contributed by atoms with Crippen LogP contribution in [0.2, 0.25) is 5.02 Å². The Morgan fingerprint density at radius 2 is 1.97 bits per heavy atom. The molecule has 5 heterocycles. The first kappa shape index (κ1) is 21.6. The van der Waals surface area contributed by atoms with E-state index in [0.29, 0.717) is 29.2 Å². The maximum absolute atomic E-state index is 12.8. The standard InChI is InChI=1S/C27H23ClN6O/c28-24-16-31-26-23(24)4-3-20(33-26)14-32-27(35)18-6-7-29-21(12-18)11-17-2-5-25-19(10-17)13-22(15-30-25)34-8-1-9-34/h2-7,10,12-13,15-16H,1,8-9,11,14H2,(H,31,33)(H,32,35). The van der Waals surface area contributed by atoms with E-state index in [1.165, 1.54) is 12.1 Å². The lowest BCUT2D eigenvalue weighted by Crippen LogP contribution is -2.36. The Labute approximate surface area is 207 Å². The molecule has 4 aromatic heterocycles. The highest BCUT2D eigenvalue weighted by Crippen LogP contribution is 2.25. The Morgan fingerprint density at radius 1 is 1.06 bits per heavy atom.